The molecule has 0 unspecified atom stereocenters. The Bertz CT molecular complexity index is 222. The van der Waals surface area contributed by atoms with E-state index < -0.39 is 0 Å². The van der Waals surface area contributed by atoms with E-state index in [-0.39, 0.29) is 0 Å². The smallest absolute Gasteiger partial charge is 0.0521 e. The van der Waals surface area contributed by atoms with Gasteiger partial charge in [-0.3, -0.25) is 4.98 Å². The van der Waals surface area contributed by atoms with E-state index in [0.29, 0.717) is 0 Å². The first-order valence-electron chi connectivity index (χ1n) is 3.97. The minimum atomic E-state index is 0.823. The zero-order valence-corrected chi connectivity index (χ0v) is 6.42. The second-order valence-electron chi connectivity index (χ2n) is 2.72. The van der Waals surface area contributed by atoms with Crippen molar-refractivity contribution in [1.82, 2.24) is 4.98 Å². The van der Waals surface area contributed by atoms with E-state index in [0.717, 1.165) is 26.1 Å². The van der Waals surface area contributed by atoms with Gasteiger partial charge in [0.15, 0.2) is 0 Å². The maximum atomic E-state index is 5.34. The summed E-state index contributed by atoms with van der Waals surface area (Å²) >= 11 is 0. The highest BCUT2D eigenvalue weighted by Gasteiger charge is 2.06. The van der Waals surface area contributed by atoms with E-state index in [4.69, 9.17) is 4.74 Å². The average molecular weight is 149 g/mol. The monoisotopic (exact) mass is 149 g/mol. The first-order valence-corrected chi connectivity index (χ1v) is 3.97. The van der Waals surface area contributed by atoms with Crippen molar-refractivity contribution in [2.45, 2.75) is 12.8 Å². The van der Waals surface area contributed by atoms with Crippen LogP contribution in [0.1, 0.15) is 11.3 Å². The topological polar surface area (TPSA) is 22.1 Å². The zero-order valence-electron chi connectivity index (χ0n) is 6.42. The van der Waals surface area contributed by atoms with E-state index >= 15 is 0 Å². The van der Waals surface area contributed by atoms with Crippen molar-refractivity contribution in [3.8, 4) is 0 Å². The van der Waals surface area contributed by atoms with Crippen LogP contribution in [0.4, 0.5) is 0 Å². The third-order valence-electron chi connectivity index (χ3n) is 1.98. The van der Waals surface area contributed by atoms with E-state index in [9.17, 15) is 0 Å². The van der Waals surface area contributed by atoms with Gasteiger partial charge in [-0.2, -0.15) is 0 Å². The lowest BCUT2D eigenvalue weighted by Gasteiger charge is -1.99. The van der Waals surface area contributed by atoms with E-state index in [1.807, 2.05) is 12.3 Å². The molecule has 0 aromatic carbocycles. The molecule has 0 saturated heterocycles. The van der Waals surface area contributed by atoms with Crippen molar-refractivity contribution < 1.29 is 4.74 Å². The first-order chi connectivity index (χ1) is 5.47. The molecule has 2 heteroatoms. The van der Waals surface area contributed by atoms with Gasteiger partial charge >= 0.3 is 0 Å². The lowest BCUT2D eigenvalue weighted by molar-refractivity contribution is 0.146. The van der Waals surface area contributed by atoms with Gasteiger partial charge in [-0.15, -0.1) is 0 Å². The minimum Gasteiger partial charge on any atom is -0.381 e. The number of hydrogen-bond donors (Lipinski definition) is 0. The highest BCUT2D eigenvalue weighted by molar-refractivity contribution is 5.20. The molecule has 1 aliphatic rings. The molecule has 0 bridgehead atoms. The highest BCUT2D eigenvalue weighted by Crippen LogP contribution is 2.10. The molecule has 2 heterocycles. The van der Waals surface area contributed by atoms with Crippen LogP contribution >= 0.6 is 0 Å². The Kier molecular flexibility index (Phi) is 1.86. The molecule has 0 amide bonds. The second-order valence-corrected chi connectivity index (χ2v) is 2.72. The maximum Gasteiger partial charge on any atom is 0.0521 e. The molecule has 2 rings (SSSR count). The SMILES string of the molecule is c1cnc2c(c1)CCOCC2. The van der Waals surface area contributed by atoms with Crippen LogP contribution in [-0.2, 0) is 17.6 Å². The summed E-state index contributed by atoms with van der Waals surface area (Å²) in [5.41, 5.74) is 2.56. The van der Waals surface area contributed by atoms with Crippen molar-refractivity contribution in [1.29, 1.82) is 0 Å². The fraction of sp³-hybridized carbons (Fsp3) is 0.444. The van der Waals surface area contributed by atoms with Crippen LogP contribution in [0.2, 0.25) is 0 Å². The molecule has 2 nitrogen and oxygen atoms in total. The van der Waals surface area contributed by atoms with Gasteiger partial charge in [0.2, 0.25) is 0 Å². The molecule has 1 aliphatic heterocycles. The van der Waals surface area contributed by atoms with Gasteiger partial charge in [-0.05, 0) is 18.1 Å². The average Bonchev–Trinajstić information content (AvgIpc) is 2.28. The Morgan fingerprint density at radius 3 is 3.18 bits per heavy atom. The summed E-state index contributed by atoms with van der Waals surface area (Å²) < 4.78 is 5.34. The summed E-state index contributed by atoms with van der Waals surface area (Å²) in [5, 5.41) is 0. The molecular formula is C9H11NO. The molecule has 0 N–H and O–H groups in total. The van der Waals surface area contributed by atoms with Gasteiger partial charge in [0, 0.05) is 18.3 Å². The Labute approximate surface area is 66.2 Å². The standard InChI is InChI=1S/C9H11NO/c1-2-8-3-6-11-7-4-9(8)10-5-1/h1-2,5H,3-4,6-7H2. The second kappa shape index (κ2) is 3.01. The lowest BCUT2D eigenvalue weighted by Crippen LogP contribution is -1.95. The molecule has 0 atom stereocenters. The van der Waals surface area contributed by atoms with Crippen LogP contribution in [-0.4, -0.2) is 18.2 Å². The highest BCUT2D eigenvalue weighted by atomic mass is 16.5. The zero-order chi connectivity index (χ0) is 7.52. The third kappa shape index (κ3) is 1.40. The molecule has 11 heavy (non-hydrogen) atoms. The Morgan fingerprint density at radius 1 is 1.27 bits per heavy atom. The van der Waals surface area contributed by atoms with Crippen LogP contribution in [0.3, 0.4) is 0 Å². The number of pyridine rings is 1. The largest absolute Gasteiger partial charge is 0.381 e. The van der Waals surface area contributed by atoms with Crippen LogP contribution in [0.5, 0.6) is 0 Å². The lowest BCUT2D eigenvalue weighted by atomic mass is 10.1. The molecule has 1 aromatic heterocycles. The van der Waals surface area contributed by atoms with Gasteiger partial charge in [0.25, 0.3) is 0 Å². The quantitative estimate of drug-likeness (QED) is 0.553. The molecule has 0 saturated carbocycles. The van der Waals surface area contributed by atoms with Gasteiger partial charge in [0.1, 0.15) is 0 Å². The fourth-order valence-corrected chi connectivity index (χ4v) is 1.38. The summed E-state index contributed by atoms with van der Waals surface area (Å²) in [6.45, 7) is 1.67. The Morgan fingerprint density at radius 2 is 2.18 bits per heavy atom. The number of rotatable bonds is 0. The number of aromatic nitrogens is 1. The molecule has 58 valence electrons. The Hall–Kier alpha value is -0.890. The molecule has 0 aliphatic carbocycles. The number of ether oxygens (including phenoxy) is 1. The fourth-order valence-electron chi connectivity index (χ4n) is 1.38. The van der Waals surface area contributed by atoms with Crippen molar-refractivity contribution in [2.24, 2.45) is 0 Å². The summed E-state index contributed by atoms with van der Waals surface area (Å²) in [6.07, 6.45) is 3.84. The van der Waals surface area contributed by atoms with Gasteiger partial charge in [0.05, 0.1) is 13.2 Å². The third-order valence-corrected chi connectivity index (χ3v) is 1.98. The minimum absolute atomic E-state index is 0.823. The predicted molar refractivity (Wildman–Crippen MR) is 42.5 cm³/mol. The van der Waals surface area contributed by atoms with E-state index in [1.165, 1.54) is 11.3 Å². The summed E-state index contributed by atoms with van der Waals surface area (Å²) in [5.74, 6) is 0. The predicted octanol–water partition coefficient (Wildman–Crippen LogP) is 1.20. The molecule has 0 spiro atoms. The van der Waals surface area contributed by atoms with Gasteiger partial charge < -0.3 is 4.74 Å². The number of fused-ring (bicyclic) bond motifs is 1. The summed E-state index contributed by atoms with van der Waals surface area (Å²) in [7, 11) is 0. The molecular weight excluding hydrogens is 138 g/mol. The van der Waals surface area contributed by atoms with Crippen LogP contribution in [0.25, 0.3) is 0 Å². The van der Waals surface area contributed by atoms with Gasteiger partial charge in [-0.25, -0.2) is 0 Å². The van der Waals surface area contributed by atoms with Crippen molar-refractivity contribution in [3.05, 3.63) is 29.6 Å². The normalized spacial score (nSPS) is 17.1. The van der Waals surface area contributed by atoms with Crippen molar-refractivity contribution in [2.75, 3.05) is 13.2 Å². The number of nitrogens with zero attached hydrogens (tertiary/aromatic N) is 1. The van der Waals surface area contributed by atoms with E-state index in [2.05, 4.69) is 11.1 Å². The molecule has 0 fully saturated rings. The summed E-state index contributed by atoms with van der Waals surface area (Å²) in [4.78, 5) is 4.30. The Balaban J connectivity index is 2.33. The van der Waals surface area contributed by atoms with Crippen molar-refractivity contribution >= 4 is 0 Å². The molecule has 0 radical (unpaired) electrons. The first kappa shape index (κ1) is 6.80. The number of hydrogen-bond acceptors (Lipinski definition) is 2. The maximum absolute atomic E-state index is 5.34. The summed E-state index contributed by atoms with van der Waals surface area (Å²) in [6, 6.07) is 4.13. The van der Waals surface area contributed by atoms with Crippen LogP contribution < -0.4 is 0 Å². The van der Waals surface area contributed by atoms with Crippen molar-refractivity contribution in [3.63, 3.8) is 0 Å². The van der Waals surface area contributed by atoms with Crippen LogP contribution in [0, 0.1) is 0 Å². The van der Waals surface area contributed by atoms with Gasteiger partial charge in [-0.1, -0.05) is 6.07 Å². The molecule has 1 aromatic rings. The van der Waals surface area contributed by atoms with E-state index in [1.54, 1.807) is 0 Å². The van der Waals surface area contributed by atoms with Crippen LogP contribution in [0.15, 0.2) is 18.3 Å².